The van der Waals surface area contributed by atoms with E-state index in [1.54, 1.807) is 74.9 Å². The van der Waals surface area contributed by atoms with Crippen LogP contribution in [0.3, 0.4) is 0 Å². The fraction of sp³-hybridized carbons (Fsp3) is 0.245. The number of imidazole rings is 4. The summed E-state index contributed by atoms with van der Waals surface area (Å²) in [5, 5.41) is 111. The van der Waals surface area contributed by atoms with Crippen LogP contribution in [0.5, 0.6) is 23.0 Å². The van der Waals surface area contributed by atoms with Crippen molar-refractivity contribution in [1.29, 1.82) is 0 Å². The molecule has 0 bridgehead atoms. The number of halogens is 7. The molecule has 0 fully saturated rings. The number of aromatic hydroxyl groups is 2. The van der Waals surface area contributed by atoms with Gasteiger partial charge in [-0.3, -0.25) is 8.42 Å². The molecule has 150 heavy (non-hydrogen) atoms. The van der Waals surface area contributed by atoms with E-state index in [4.69, 9.17) is 61.8 Å². The first-order valence-corrected chi connectivity index (χ1v) is 47.7. The van der Waals surface area contributed by atoms with Crippen LogP contribution in [-0.4, -0.2) is 164 Å². The van der Waals surface area contributed by atoms with E-state index in [2.05, 4.69) is 118 Å². The van der Waals surface area contributed by atoms with Crippen molar-refractivity contribution in [1.82, 2.24) is 18.3 Å². The number of hydrogen-bond acceptors (Lipinski definition) is 30. The van der Waals surface area contributed by atoms with Gasteiger partial charge >= 0.3 is 29.8 Å². The molecule has 0 amide bonds. The number of phenols is 2. The maximum absolute atomic E-state index is 10.2. The first kappa shape index (κ1) is 122. The van der Waals surface area contributed by atoms with Crippen molar-refractivity contribution in [2.24, 2.45) is 138 Å². The number of nitrogens with one attached hydrogen (secondary N) is 1. The molecule has 0 saturated carbocycles. The Morgan fingerprint density at radius 2 is 0.780 bits per heavy atom. The Bertz CT molecular complexity index is 7430. The van der Waals surface area contributed by atoms with Crippen LogP contribution in [0.15, 0.2) is 338 Å². The predicted octanol–water partition coefficient (Wildman–Crippen LogP) is 8.98. The highest BCUT2D eigenvalue weighted by molar-refractivity contribution is 7.79. The Hall–Kier alpha value is -14.8. The van der Waals surface area contributed by atoms with Gasteiger partial charge < -0.3 is 108 Å². The van der Waals surface area contributed by atoms with Crippen molar-refractivity contribution in [2.45, 2.75) is 20.3 Å². The Balaban J connectivity index is 0.000000249. The van der Waals surface area contributed by atoms with Gasteiger partial charge in [-0.2, -0.15) is 29.9 Å². The number of rotatable bonds is 27. The summed E-state index contributed by atoms with van der Waals surface area (Å²) < 4.78 is 62.2. The molecule has 0 aliphatic carbocycles. The van der Waals surface area contributed by atoms with Gasteiger partial charge in [0.2, 0.25) is 0 Å². The number of fused-ring (bicyclic) bond motifs is 2. The molecule has 1 aliphatic heterocycles. The number of azo groups is 8. The summed E-state index contributed by atoms with van der Waals surface area (Å²) in [4.78, 5) is 8.83. The second-order valence-corrected chi connectivity index (χ2v) is 35.8. The number of aryl methyl sites for hydroxylation is 10. The molecule has 11 aromatic carbocycles. The predicted molar refractivity (Wildman–Crippen MR) is 563 cm³/mol. The van der Waals surface area contributed by atoms with Gasteiger partial charge in [0.1, 0.15) is 62.2 Å². The Kier molecular flexibility index (Phi) is 46.9. The van der Waals surface area contributed by atoms with Gasteiger partial charge in [0.25, 0.3) is 0 Å². The number of aliphatic hydroxyl groups excluding tert-OH is 2. The van der Waals surface area contributed by atoms with Crippen molar-refractivity contribution in [3.8, 4) is 23.0 Å². The third-order valence-electron chi connectivity index (χ3n) is 22.5. The molecule has 0 spiro atoms. The van der Waals surface area contributed by atoms with Crippen LogP contribution in [0.1, 0.15) is 22.3 Å². The lowest BCUT2D eigenvalue weighted by Crippen LogP contribution is -3.05. The SMILES string of the molecule is CN(C)c1ccc(N=Nc2ccc(N=Nc3n(C)cc[n+]3C)cc2Cl)cc1Cl.COc1cc(N=Nc2ccc(N(C)C)c(Cl)c2)c(C)cc1N=Nc1n(C)cc[n+]1C.COc1cc(N=Nc2ccc(N(C)C)cc2O)c(C)cc1N=Nc1n(C)cc[n+]1C.C[N+]1=C(N=Nc2c(O)ccc3ccccc23)[NH+](C)c2ccccc21.Cn1cc[n+](C)c1N=Nc1ccc(Cc2ccc(N(CCO)CCO)cc2)cc1.O=S(=O)([O-])[O-].[Cl-].[Cl-].[Cl-].[Cl-]. The third kappa shape index (κ3) is 33.8. The van der Waals surface area contributed by atoms with E-state index >= 15 is 0 Å². The number of nitrogens with zero attached hydrogens (tertiary/aromatic N) is 29. The van der Waals surface area contributed by atoms with Crippen molar-refractivity contribution in [2.75, 3.05) is 117 Å². The number of aliphatic hydroxyl groups is 2. The molecule has 1 atom stereocenters. The molecule has 0 radical (unpaired) electrons. The average Bonchev–Trinajstić information content (AvgIpc) is 1.62. The Morgan fingerprint density at radius 3 is 1.20 bits per heavy atom. The van der Waals surface area contributed by atoms with E-state index in [1.807, 2.05) is 346 Å². The number of methoxy groups -OCH3 is 2. The van der Waals surface area contributed by atoms with Crippen molar-refractivity contribution in [3.05, 3.63) is 293 Å². The molecule has 16 rings (SSSR count). The van der Waals surface area contributed by atoms with Gasteiger partial charge in [0, 0.05) is 127 Å². The topological polar surface area (TPSA) is 433 Å². The van der Waals surface area contributed by atoms with Crippen LogP contribution in [0.4, 0.5) is 120 Å². The minimum Gasteiger partial charge on any atom is -1.00 e. The molecule has 0 saturated heterocycles. The van der Waals surface area contributed by atoms with E-state index < -0.39 is 10.4 Å². The molecule has 40 nitrogen and oxygen atoms in total. The zero-order valence-electron chi connectivity index (χ0n) is 86.0. The lowest BCUT2D eigenvalue weighted by molar-refractivity contribution is -0.719. The molecular weight excluding hydrogens is 2090 g/mol. The number of guanidine groups is 1. The standard InChI is InChI=1S/C22H28N5O2.C21H25ClN7O.C21H25N7O2.C19H20Cl2N7.C19H16N4O.4ClH.H2O4S/c1-25-11-12-26(2)22(25)24-23-20-7-3-18(4-8-20)17-19-5-9-21(10-6-19)27(13-15-28)14-16-29;1-14-11-18(25-26-21-28(4)9-10-29(21)5)20(30-6)13-17(14)24-23-15-7-8-19(27(2)3)16(22)12-15;1-14-11-18(24-25-21-27(4)9-10-28(21)5)20(30-6)13-17(14)23-22-16-8-7-15(26(2)3)12-19(16)29;1-26(2)18-8-6-14(12-16(18)21)22-24-17-7-5-13(11-15(17)20)23-25-19-27(3)9-10-28(19)4;1-22-15-9-5-6-10-16(15)23(2)19(22)21-20-18-14-8-4-3-7-13(14)11-12-17(18)24;;;;;1-5(2,3)4/h3-12,28-29H,13-17H2,1-2H3;2*7-13H,1-6H3;5-12H,1-4H3;3-12H,1-2H3;4*1H;(H2,1,2,3,4)/q2*+1;;+1;;;;;;/p-3. The molecule has 1 unspecified atom stereocenters. The highest BCUT2D eigenvalue weighted by Crippen LogP contribution is 2.42. The lowest BCUT2D eigenvalue weighted by Gasteiger charge is -2.23. The second kappa shape index (κ2) is 57.6. The highest BCUT2D eigenvalue weighted by atomic mass is 35.5. The van der Waals surface area contributed by atoms with E-state index in [1.165, 1.54) is 11.1 Å². The first-order chi connectivity index (χ1) is 69.7. The Labute approximate surface area is 910 Å². The van der Waals surface area contributed by atoms with Crippen LogP contribution >= 0.6 is 34.8 Å². The van der Waals surface area contributed by atoms with Gasteiger partial charge in [0.05, 0.1) is 197 Å². The summed E-state index contributed by atoms with van der Waals surface area (Å²) in [6, 6.07) is 64.7. The monoisotopic (exact) mass is 2200 g/mol. The maximum atomic E-state index is 10.2. The van der Waals surface area contributed by atoms with Gasteiger partial charge in [-0.1, -0.05) is 122 Å². The fourth-order valence-corrected chi connectivity index (χ4v) is 15.4. The van der Waals surface area contributed by atoms with Gasteiger partial charge in [-0.25, -0.2) is 36.5 Å². The smallest absolute Gasteiger partial charge is 0.525 e. The van der Waals surface area contributed by atoms with Crippen molar-refractivity contribution in [3.63, 3.8) is 0 Å². The highest BCUT2D eigenvalue weighted by Gasteiger charge is 2.38. The summed E-state index contributed by atoms with van der Waals surface area (Å²) in [6.07, 6.45) is 16.1. The number of phenolic OH excluding ortho intramolecular Hbond substituents is 2. The lowest BCUT2D eigenvalue weighted by atomic mass is 10.0. The molecule has 5 N–H and O–H groups in total. The summed E-state index contributed by atoms with van der Waals surface area (Å²) in [6.45, 7) is 5.00. The van der Waals surface area contributed by atoms with Gasteiger partial charge in [-0.05, 0) is 168 Å². The van der Waals surface area contributed by atoms with E-state index in [0.717, 1.165) is 96.8 Å². The zero-order valence-corrected chi connectivity index (χ0v) is 92.2. The first-order valence-electron chi connectivity index (χ1n) is 45.3. The summed E-state index contributed by atoms with van der Waals surface area (Å²) in [5.41, 5.74) is 16.9. The number of anilines is 4. The summed E-state index contributed by atoms with van der Waals surface area (Å²) in [7, 11) is 28.9. The number of para-hydroxylation sites is 2. The second-order valence-electron chi connectivity index (χ2n) is 33.8. The fourth-order valence-electron chi connectivity index (χ4n) is 14.5. The number of quaternary nitrogens is 1. The Morgan fingerprint density at radius 1 is 0.400 bits per heavy atom. The average molecular weight is 2200 g/mol. The van der Waals surface area contributed by atoms with Crippen molar-refractivity contribution < 1.29 is 125 Å². The van der Waals surface area contributed by atoms with Gasteiger partial charge in [-0.15, -0.1) is 10.2 Å². The number of ether oxygens (including phenoxy) is 2. The number of aromatic nitrogens is 8. The van der Waals surface area contributed by atoms with Gasteiger partial charge in [0.15, 0.2) is 17.1 Å². The minimum atomic E-state index is -5.17. The quantitative estimate of drug-likeness (QED) is 0.0139. The molecule has 48 heteroatoms. The summed E-state index contributed by atoms with van der Waals surface area (Å²) >= 11 is 18.9. The molecule has 1 aliphatic rings. The third-order valence-corrected chi connectivity index (χ3v) is 23.4. The molecule has 4 aromatic heterocycles. The number of benzene rings is 11. The molecule has 5 heterocycles. The van der Waals surface area contributed by atoms with Crippen LogP contribution in [0.25, 0.3) is 10.8 Å². The van der Waals surface area contributed by atoms with Crippen LogP contribution in [0.2, 0.25) is 15.1 Å². The van der Waals surface area contributed by atoms with E-state index in [0.29, 0.717) is 102 Å². The van der Waals surface area contributed by atoms with Crippen LogP contribution in [-0.2, 0) is 73.2 Å². The molecular formula is C102H117Cl7N30O10S. The van der Waals surface area contributed by atoms with Crippen molar-refractivity contribution >= 4 is 182 Å². The number of hydrogen-bond donors (Lipinski definition) is 5. The maximum Gasteiger partial charge on any atom is 0.525 e. The molecule has 15 aromatic rings. The van der Waals surface area contributed by atoms with Crippen LogP contribution in [0, 0.1) is 13.8 Å². The molecule has 790 valence electrons. The van der Waals surface area contributed by atoms with E-state index in [-0.39, 0.29) is 74.3 Å². The van der Waals surface area contributed by atoms with Crippen LogP contribution < -0.4 is 102 Å². The largest absolute Gasteiger partial charge is 1.00 e. The normalized spacial score (nSPS) is 12.1. The minimum absolute atomic E-state index is 0. The summed E-state index contributed by atoms with van der Waals surface area (Å²) in [5.74, 6) is 5.02. The zero-order chi connectivity index (χ0) is 106. The van der Waals surface area contributed by atoms with E-state index in [9.17, 15) is 20.4 Å².